The second kappa shape index (κ2) is 10.6. The average Bonchev–Trinajstić information content (AvgIpc) is 2.62. The minimum Gasteiger partial charge on any atom is -0.356 e. The van der Waals surface area contributed by atoms with Gasteiger partial charge in [-0.25, -0.2) is 0 Å². The van der Waals surface area contributed by atoms with Gasteiger partial charge in [-0.3, -0.25) is 9.59 Å². The van der Waals surface area contributed by atoms with E-state index < -0.39 is 0 Å². The highest BCUT2D eigenvalue weighted by molar-refractivity contribution is 7.99. The molecule has 0 unspecified atom stereocenters. The van der Waals surface area contributed by atoms with Crippen molar-refractivity contribution in [2.75, 3.05) is 12.3 Å². The number of amides is 2. The maximum atomic E-state index is 12.2. The number of benzene rings is 2. The molecule has 2 amide bonds. The summed E-state index contributed by atoms with van der Waals surface area (Å²) in [6.45, 7) is 2.11. The monoisotopic (exact) mass is 356 g/mol. The normalized spacial score (nSPS) is 11.6. The number of carbonyl (C=O) groups is 2. The Kier molecular flexibility index (Phi) is 8.05. The molecule has 2 aromatic carbocycles. The Morgan fingerprint density at radius 1 is 1.00 bits per heavy atom. The van der Waals surface area contributed by atoms with E-state index in [0.717, 1.165) is 17.7 Å². The van der Waals surface area contributed by atoms with E-state index >= 15 is 0 Å². The van der Waals surface area contributed by atoms with Crippen LogP contribution in [0.3, 0.4) is 0 Å². The molecule has 0 aliphatic heterocycles. The Bertz CT molecular complexity index is 662. The Morgan fingerprint density at radius 2 is 1.64 bits per heavy atom. The van der Waals surface area contributed by atoms with Crippen LogP contribution < -0.4 is 10.6 Å². The molecule has 5 heteroatoms. The Morgan fingerprint density at radius 3 is 2.28 bits per heavy atom. The van der Waals surface area contributed by atoms with Crippen LogP contribution in [0.2, 0.25) is 0 Å². The van der Waals surface area contributed by atoms with E-state index in [0.29, 0.717) is 6.54 Å². The molecular weight excluding hydrogens is 332 g/mol. The van der Waals surface area contributed by atoms with Gasteiger partial charge in [-0.05, 0) is 29.9 Å². The minimum atomic E-state index is -0.294. The first kappa shape index (κ1) is 19.1. The van der Waals surface area contributed by atoms with E-state index in [1.165, 1.54) is 11.8 Å². The summed E-state index contributed by atoms with van der Waals surface area (Å²) >= 11 is 1.78. The van der Waals surface area contributed by atoms with Crippen molar-refractivity contribution in [1.82, 2.24) is 10.6 Å². The number of nitrogens with one attached hydrogen (secondary N) is 2. The van der Waals surface area contributed by atoms with Crippen LogP contribution in [0, 0.1) is 0 Å². The first-order valence-corrected chi connectivity index (χ1v) is 9.40. The number of thioether (sulfide) groups is 1. The van der Waals surface area contributed by atoms with Gasteiger partial charge in [0.05, 0.1) is 12.5 Å². The summed E-state index contributed by atoms with van der Waals surface area (Å²) in [5.41, 5.74) is 0.937. The van der Waals surface area contributed by atoms with Crippen LogP contribution in [0.4, 0.5) is 0 Å². The Balaban J connectivity index is 1.72. The van der Waals surface area contributed by atoms with Crippen LogP contribution in [0.1, 0.15) is 31.4 Å². The van der Waals surface area contributed by atoms with E-state index in [1.807, 2.05) is 48.5 Å². The van der Waals surface area contributed by atoms with E-state index in [4.69, 9.17) is 0 Å². The van der Waals surface area contributed by atoms with Crippen LogP contribution in [0.15, 0.2) is 65.6 Å². The highest BCUT2D eigenvalue weighted by Gasteiger charge is 2.16. The molecule has 2 rings (SSSR count). The molecular formula is C20H24N2O2S. The van der Waals surface area contributed by atoms with E-state index in [9.17, 15) is 9.59 Å². The molecule has 2 N–H and O–H groups in total. The fourth-order valence-corrected chi connectivity index (χ4v) is 3.32. The number of hydrogen-bond donors (Lipinski definition) is 2. The molecule has 0 bridgehead atoms. The van der Waals surface area contributed by atoms with Crippen LogP contribution in [-0.2, 0) is 9.59 Å². The highest BCUT2D eigenvalue weighted by Crippen LogP contribution is 2.18. The molecule has 0 radical (unpaired) electrons. The summed E-state index contributed by atoms with van der Waals surface area (Å²) in [6, 6.07) is 19.5. The van der Waals surface area contributed by atoms with Crippen molar-refractivity contribution in [3.8, 4) is 0 Å². The molecule has 0 saturated carbocycles. The number of carbonyl (C=O) groups excluding carboxylic acids is 2. The predicted octanol–water partition coefficient (Wildman–Crippen LogP) is 3.55. The van der Waals surface area contributed by atoms with Crippen molar-refractivity contribution in [2.24, 2.45) is 0 Å². The van der Waals surface area contributed by atoms with Crippen LogP contribution in [0.5, 0.6) is 0 Å². The molecule has 25 heavy (non-hydrogen) atoms. The number of hydrogen-bond acceptors (Lipinski definition) is 3. The van der Waals surface area contributed by atoms with Gasteiger partial charge in [-0.15, -0.1) is 11.8 Å². The van der Waals surface area contributed by atoms with Crippen LogP contribution in [-0.4, -0.2) is 24.1 Å². The molecule has 0 heterocycles. The Hall–Kier alpha value is -2.27. The summed E-state index contributed by atoms with van der Waals surface area (Å²) < 4.78 is 0. The predicted molar refractivity (Wildman–Crippen MR) is 102 cm³/mol. The van der Waals surface area contributed by atoms with Crippen LogP contribution >= 0.6 is 11.8 Å². The molecule has 0 aliphatic carbocycles. The van der Waals surface area contributed by atoms with Gasteiger partial charge in [0.1, 0.15) is 0 Å². The largest absolute Gasteiger partial charge is 0.356 e. The molecule has 1 atom stereocenters. The standard InChI is InChI=1S/C20H24N2O2S/c1-16(23)22-19(17-9-4-2-5-10-17)15-20(24)21-13-8-14-25-18-11-6-3-7-12-18/h2-7,9-12,19H,8,13-15H2,1H3,(H,21,24)(H,22,23)/t19-/m0/s1. The zero-order valence-electron chi connectivity index (χ0n) is 14.4. The van der Waals surface area contributed by atoms with E-state index in [1.54, 1.807) is 11.8 Å². The van der Waals surface area contributed by atoms with Gasteiger partial charge in [-0.2, -0.15) is 0 Å². The third-order valence-corrected chi connectivity index (χ3v) is 4.72. The maximum Gasteiger partial charge on any atom is 0.222 e. The molecule has 4 nitrogen and oxygen atoms in total. The second-order valence-corrected chi connectivity index (χ2v) is 6.90. The lowest BCUT2D eigenvalue weighted by atomic mass is 10.0. The smallest absolute Gasteiger partial charge is 0.222 e. The van der Waals surface area contributed by atoms with E-state index in [-0.39, 0.29) is 24.3 Å². The van der Waals surface area contributed by atoms with Crippen molar-refractivity contribution in [3.05, 3.63) is 66.2 Å². The SMILES string of the molecule is CC(=O)N[C@@H](CC(=O)NCCCSc1ccccc1)c1ccccc1. The molecule has 0 aliphatic rings. The first-order valence-electron chi connectivity index (χ1n) is 8.42. The molecule has 2 aromatic rings. The molecule has 0 fully saturated rings. The fourth-order valence-electron chi connectivity index (χ4n) is 2.45. The van der Waals surface area contributed by atoms with Gasteiger partial charge in [0, 0.05) is 18.4 Å². The van der Waals surface area contributed by atoms with Gasteiger partial charge in [-0.1, -0.05) is 48.5 Å². The third kappa shape index (κ3) is 7.44. The van der Waals surface area contributed by atoms with Crippen molar-refractivity contribution < 1.29 is 9.59 Å². The summed E-state index contributed by atoms with van der Waals surface area (Å²) in [5, 5.41) is 5.79. The van der Waals surface area contributed by atoms with Crippen molar-refractivity contribution in [1.29, 1.82) is 0 Å². The Labute approximate surface area is 153 Å². The van der Waals surface area contributed by atoms with Gasteiger partial charge in [0.25, 0.3) is 0 Å². The molecule has 0 spiro atoms. The van der Waals surface area contributed by atoms with Crippen molar-refractivity contribution >= 4 is 23.6 Å². The summed E-state index contributed by atoms with van der Waals surface area (Å²) in [6.07, 6.45) is 1.15. The fraction of sp³-hybridized carbons (Fsp3) is 0.300. The van der Waals surface area contributed by atoms with E-state index in [2.05, 4.69) is 22.8 Å². The quantitative estimate of drug-likeness (QED) is 0.534. The molecule has 0 saturated heterocycles. The zero-order valence-corrected chi connectivity index (χ0v) is 15.2. The molecule has 0 aromatic heterocycles. The summed E-state index contributed by atoms with van der Waals surface area (Å²) in [4.78, 5) is 24.8. The first-order chi connectivity index (χ1) is 12.1. The van der Waals surface area contributed by atoms with Crippen molar-refractivity contribution in [2.45, 2.75) is 30.7 Å². The average molecular weight is 356 g/mol. The lowest BCUT2D eigenvalue weighted by Crippen LogP contribution is -2.33. The van der Waals surface area contributed by atoms with Crippen molar-refractivity contribution in [3.63, 3.8) is 0 Å². The van der Waals surface area contributed by atoms with Gasteiger partial charge in [0.2, 0.25) is 11.8 Å². The lowest BCUT2D eigenvalue weighted by Gasteiger charge is -2.18. The summed E-state index contributed by atoms with van der Waals surface area (Å²) in [7, 11) is 0. The zero-order chi connectivity index (χ0) is 17.9. The molecule has 132 valence electrons. The third-order valence-electron chi connectivity index (χ3n) is 3.62. The lowest BCUT2D eigenvalue weighted by molar-refractivity contribution is -0.122. The second-order valence-electron chi connectivity index (χ2n) is 5.73. The van der Waals surface area contributed by atoms with Gasteiger partial charge >= 0.3 is 0 Å². The topological polar surface area (TPSA) is 58.2 Å². The minimum absolute atomic E-state index is 0.0488. The highest BCUT2D eigenvalue weighted by atomic mass is 32.2. The maximum absolute atomic E-state index is 12.2. The van der Waals surface area contributed by atoms with Crippen LogP contribution in [0.25, 0.3) is 0 Å². The van der Waals surface area contributed by atoms with Gasteiger partial charge < -0.3 is 10.6 Å². The number of rotatable bonds is 9. The van der Waals surface area contributed by atoms with Gasteiger partial charge in [0.15, 0.2) is 0 Å². The summed E-state index contributed by atoms with van der Waals surface area (Å²) in [5.74, 6) is 0.770.